The van der Waals surface area contributed by atoms with Gasteiger partial charge in [0.05, 0.1) is 11.9 Å². The molecule has 1 aromatic carbocycles. The Kier molecular flexibility index (Phi) is 4.88. The zero-order chi connectivity index (χ0) is 20.0. The van der Waals surface area contributed by atoms with Gasteiger partial charge in [0.15, 0.2) is 5.78 Å². The van der Waals surface area contributed by atoms with Gasteiger partial charge >= 0.3 is 0 Å². The fourth-order valence-corrected chi connectivity index (χ4v) is 7.36. The zero-order valence-electron chi connectivity index (χ0n) is 17.1. The molecule has 0 N–H and O–H groups in total. The van der Waals surface area contributed by atoms with Gasteiger partial charge in [-0.05, 0) is 92.7 Å². The van der Waals surface area contributed by atoms with E-state index in [1.807, 2.05) is 38.1 Å². The molecule has 4 bridgehead atoms. The smallest absolute Gasteiger partial charge is 0.214 e. The first-order chi connectivity index (χ1) is 14.1. The molecule has 6 rings (SSSR count). The van der Waals surface area contributed by atoms with Crippen LogP contribution >= 0.6 is 11.8 Å². The predicted molar refractivity (Wildman–Crippen MR) is 111 cm³/mol. The highest BCUT2D eigenvalue weighted by molar-refractivity contribution is 8.00. The summed E-state index contributed by atoms with van der Waals surface area (Å²) < 4.78 is 7.43. The first-order valence-corrected chi connectivity index (χ1v) is 11.7. The average Bonchev–Trinajstić information content (AvgIpc) is 3.15. The lowest BCUT2D eigenvalue weighted by Gasteiger charge is -2.56. The molecule has 154 valence electrons. The van der Waals surface area contributed by atoms with Gasteiger partial charge in [-0.3, -0.25) is 4.79 Å². The maximum Gasteiger partial charge on any atom is 0.214 e. The molecule has 2 aromatic rings. The topological polar surface area (TPSA) is 69.9 Å². The molecule has 1 heterocycles. The van der Waals surface area contributed by atoms with E-state index in [9.17, 15) is 4.79 Å². The number of nitrogens with zero attached hydrogens (tertiary/aromatic N) is 4. The molecular weight excluding hydrogens is 384 g/mol. The van der Waals surface area contributed by atoms with E-state index in [0.29, 0.717) is 17.5 Å². The van der Waals surface area contributed by atoms with Crippen molar-refractivity contribution in [2.45, 2.75) is 62.8 Å². The Morgan fingerprint density at radius 2 is 1.86 bits per heavy atom. The van der Waals surface area contributed by atoms with Crippen LogP contribution in [0.2, 0.25) is 0 Å². The number of benzene rings is 1. The van der Waals surface area contributed by atoms with Crippen LogP contribution in [0.1, 0.15) is 52.4 Å². The number of para-hydroxylation sites is 2. The van der Waals surface area contributed by atoms with E-state index in [-0.39, 0.29) is 10.7 Å². The maximum atomic E-state index is 13.6. The van der Waals surface area contributed by atoms with E-state index in [1.165, 1.54) is 31.0 Å². The van der Waals surface area contributed by atoms with Crippen LogP contribution in [0.5, 0.6) is 5.75 Å². The van der Waals surface area contributed by atoms with Gasteiger partial charge in [-0.1, -0.05) is 23.9 Å². The maximum absolute atomic E-state index is 13.6. The normalized spacial score (nSPS) is 31.0. The van der Waals surface area contributed by atoms with Gasteiger partial charge in [0.2, 0.25) is 5.16 Å². The predicted octanol–water partition coefficient (Wildman–Crippen LogP) is 4.33. The van der Waals surface area contributed by atoms with Crippen LogP contribution in [0.25, 0.3) is 5.69 Å². The van der Waals surface area contributed by atoms with Crippen molar-refractivity contribution in [1.82, 2.24) is 20.2 Å². The van der Waals surface area contributed by atoms with Gasteiger partial charge in [0.25, 0.3) is 0 Å². The first kappa shape index (κ1) is 19.1. The summed E-state index contributed by atoms with van der Waals surface area (Å²) in [6.07, 6.45) is 7.34. The highest BCUT2D eigenvalue weighted by Crippen LogP contribution is 2.61. The van der Waals surface area contributed by atoms with Crippen molar-refractivity contribution < 1.29 is 9.53 Å². The van der Waals surface area contributed by atoms with Crippen LogP contribution in [0.3, 0.4) is 0 Å². The van der Waals surface area contributed by atoms with E-state index in [0.717, 1.165) is 48.5 Å². The van der Waals surface area contributed by atoms with Crippen LogP contribution in [0.15, 0.2) is 29.4 Å². The van der Waals surface area contributed by atoms with Crippen molar-refractivity contribution in [3.63, 3.8) is 0 Å². The number of hydrogen-bond acceptors (Lipinski definition) is 6. The van der Waals surface area contributed by atoms with Crippen LogP contribution in [0.4, 0.5) is 0 Å². The van der Waals surface area contributed by atoms with Crippen molar-refractivity contribution in [3.8, 4) is 11.4 Å². The second-order valence-electron chi connectivity index (χ2n) is 9.10. The molecule has 1 atom stereocenters. The number of ether oxygens (including phenoxy) is 1. The lowest BCUT2D eigenvalue weighted by Crippen LogP contribution is -2.51. The number of tetrazole rings is 1. The summed E-state index contributed by atoms with van der Waals surface area (Å²) in [4.78, 5) is 13.6. The monoisotopic (exact) mass is 412 g/mol. The van der Waals surface area contributed by atoms with Gasteiger partial charge in [0, 0.05) is 5.41 Å². The Morgan fingerprint density at radius 1 is 1.21 bits per heavy atom. The fourth-order valence-electron chi connectivity index (χ4n) is 6.37. The van der Waals surface area contributed by atoms with E-state index in [4.69, 9.17) is 4.74 Å². The largest absolute Gasteiger partial charge is 0.492 e. The number of rotatable bonds is 7. The molecule has 0 unspecified atom stereocenters. The Labute approximate surface area is 175 Å². The van der Waals surface area contributed by atoms with Crippen molar-refractivity contribution >= 4 is 17.5 Å². The molecule has 0 saturated heterocycles. The van der Waals surface area contributed by atoms with Crippen molar-refractivity contribution in [2.75, 3.05) is 6.61 Å². The second-order valence-corrected chi connectivity index (χ2v) is 10.4. The quantitative estimate of drug-likeness (QED) is 0.631. The zero-order valence-corrected chi connectivity index (χ0v) is 17.9. The van der Waals surface area contributed by atoms with Gasteiger partial charge in [-0.15, -0.1) is 5.10 Å². The Balaban J connectivity index is 1.37. The molecular formula is C22H28N4O2S. The van der Waals surface area contributed by atoms with Crippen molar-refractivity contribution in [1.29, 1.82) is 0 Å². The van der Waals surface area contributed by atoms with E-state index >= 15 is 0 Å². The molecule has 4 saturated carbocycles. The molecule has 4 aliphatic carbocycles. The fraction of sp³-hybridized carbons (Fsp3) is 0.636. The summed E-state index contributed by atoms with van der Waals surface area (Å²) in [5, 5.41) is 12.8. The van der Waals surface area contributed by atoms with Crippen LogP contribution in [-0.2, 0) is 4.79 Å². The number of carbonyl (C=O) groups excluding carboxylic acids is 1. The summed E-state index contributed by atoms with van der Waals surface area (Å²) in [5.74, 6) is 3.46. The standard InChI is InChI=1S/C22H28N4O2S/c1-3-28-19-7-5-4-6-18(19)26-21(23-24-25-26)29-14(2)20(27)22-11-15-8-16(12-22)10-17(9-15)13-22/h4-7,14-17H,3,8-13H2,1-2H3/t14-,15?,16?,17?,22?/m0/s1. The summed E-state index contributed by atoms with van der Waals surface area (Å²) in [7, 11) is 0. The van der Waals surface area contributed by atoms with E-state index in [2.05, 4.69) is 15.5 Å². The summed E-state index contributed by atoms with van der Waals surface area (Å²) in [6.45, 7) is 4.56. The molecule has 1 aromatic heterocycles. The minimum absolute atomic E-state index is 0.0946. The lowest BCUT2D eigenvalue weighted by molar-refractivity contribution is -0.142. The molecule has 0 aliphatic heterocycles. The molecule has 6 nitrogen and oxygen atoms in total. The van der Waals surface area contributed by atoms with Crippen LogP contribution < -0.4 is 4.74 Å². The SMILES string of the molecule is CCOc1ccccc1-n1nnnc1S[C@@H](C)C(=O)C12CC3CC(CC(C3)C1)C2. The molecule has 7 heteroatoms. The van der Waals surface area contributed by atoms with Gasteiger partial charge in [-0.2, -0.15) is 4.68 Å². The number of Topliss-reactive ketones (excluding diaryl/α,β-unsaturated/α-hetero) is 1. The van der Waals surface area contributed by atoms with Gasteiger partial charge < -0.3 is 4.74 Å². The minimum atomic E-state index is -0.157. The van der Waals surface area contributed by atoms with Gasteiger partial charge in [-0.25, -0.2) is 0 Å². The van der Waals surface area contributed by atoms with Gasteiger partial charge in [0.1, 0.15) is 11.4 Å². The number of ketones is 1. The van der Waals surface area contributed by atoms with Crippen LogP contribution in [-0.4, -0.2) is 37.8 Å². The number of thioether (sulfide) groups is 1. The number of aromatic nitrogens is 4. The molecule has 0 amide bonds. The Morgan fingerprint density at radius 3 is 2.52 bits per heavy atom. The van der Waals surface area contributed by atoms with Crippen LogP contribution in [0, 0.1) is 23.2 Å². The molecule has 29 heavy (non-hydrogen) atoms. The molecule has 4 aliphatic rings. The second kappa shape index (κ2) is 7.42. The summed E-state index contributed by atoms with van der Waals surface area (Å²) in [6, 6.07) is 7.73. The molecule has 0 spiro atoms. The third-order valence-corrected chi connectivity index (χ3v) is 8.08. The van der Waals surface area contributed by atoms with E-state index < -0.39 is 0 Å². The minimum Gasteiger partial charge on any atom is -0.492 e. The third-order valence-electron chi connectivity index (χ3n) is 7.05. The lowest BCUT2D eigenvalue weighted by atomic mass is 9.48. The molecule has 0 radical (unpaired) electrons. The highest BCUT2D eigenvalue weighted by Gasteiger charge is 2.55. The first-order valence-electron chi connectivity index (χ1n) is 10.8. The summed E-state index contributed by atoms with van der Waals surface area (Å²) >= 11 is 1.48. The Hall–Kier alpha value is -1.89. The Bertz CT molecular complexity index is 876. The van der Waals surface area contributed by atoms with Crippen molar-refractivity contribution in [2.24, 2.45) is 23.2 Å². The number of carbonyl (C=O) groups is 1. The summed E-state index contributed by atoms with van der Waals surface area (Å²) in [5.41, 5.74) is 0.708. The number of hydrogen-bond donors (Lipinski definition) is 0. The highest BCUT2D eigenvalue weighted by atomic mass is 32.2. The van der Waals surface area contributed by atoms with E-state index in [1.54, 1.807) is 4.68 Å². The molecule has 4 fully saturated rings. The average molecular weight is 413 g/mol. The third kappa shape index (κ3) is 3.37. The van der Waals surface area contributed by atoms with Crippen molar-refractivity contribution in [3.05, 3.63) is 24.3 Å².